The van der Waals surface area contributed by atoms with E-state index in [1.54, 1.807) is 6.08 Å². The Morgan fingerprint density at radius 2 is 2.56 bits per heavy atom. The van der Waals surface area contributed by atoms with Crippen molar-refractivity contribution in [3.8, 4) is 0 Å². The lowest BCUT2D eigenvalue weighted by Crippen LogP contribution is -1.98. The first kappa shape index (κ1) is 5.18. The molecule has 0 bridgehead atoms. The van der Waals surface area contributed by atoms with Crippen molar-refractivity contribution in [2.75, 3.05) is 13.2 Å². The first-order valence-corrected chi connectivity index (χ1v) is 3.17. The van der Waals surface area contributed by atoms with E-state index in [4.69, 9.17) is 4.74 Å². The van der Waals surface area contributed by atoms with Crippen molar-refractivity contribution in [1.29, 1.82) is 0 Å². The maximum atomic E-state index is 10.7. The topological polar surface area (TPSA) is 26.3 Å². The summed E-state index contributed by atoms with van der Waals surface area (Å²) in [6.45, 7) is 1.45. The number of allylic oxidation sites excluding steroid dienone is 1. The molecule has 2 heteroatoms. The summed E-state index contributed by atoms with van der Waals surface area (Å²) in [5.74, 6) is 0.718. The Balaban J connectivity index is 2.27. The molecule has 48 valence electrons. The molecule has 1 saturated heterocycles. The van der Waals surface area contributed by atoms with Crippen LogP contribution in [-0.4, -0.2) is 19.0 Å². The highest BCUT2D eigenvalue weighted by Crippen LogP contribution is 2.28. The minimum atomic E-state index is 0.276. The molecule has 2 aliphatic rings. The van der Waals surface area contributed by atoms with E-state index in [-0.39, 0.29) is 5.78 Å². The molecule has 0 aromatic rings. The molecule has 0 aromatic heterocycles. The highest BCUT2D eigenvalue weighted by Gasteiger charge is 2.29. The van der Waals surface area contributed by atoms with Crippen molar-refractivity contribution in [3.63, 3.8) is 0 Å². The van der Waals surface area contributed by atoms with E-state index in [2.05, 4.69) is 0 Å². The SMILES string of the molecule is O=C1C=C2COCC2C1. The quantitative estimate of drug-likeness (QED) is 0.471. The number of carbonyl (C=O) groups excluding carboxylic acids is 1. The first-order chi connectivity index (χ1) is 4.36. The minimum Gasteiger partial charge on any atom is -0.376 e. The highest BCUT2D eigenvalue weighted by molar-refractivity contribution is 5.93. The van der Waals surface area contributed by atoms with Gasteiger partial charge in [0, 0.05) is 12.3 Å². The Labute approximate surface area is 53.5 Å². The highest BCUT2D eigenvalue weighted by atomic mass is 16.5. The third-order valence-corrected chi connectivity index (χ3v) is 1.91. The lowest BCUT2D eigenvalue weighted by molar-refractivity contribution is -0.114. The lowest BCUT2D eigenvalue weighted by Gasteiger charge is -1.95. The molecule has 1 fully saturated rings. The molecular formula is C7H8O2. The van der Waals surface area contributed by atoms with Crippen LogP contribution in [0.3, 0.4) is 0 Å². The molecule has 0 spiro atoms. The molecule has 1 unspecified atom stereocenters. The minimum absolute atomic E-state index is 0.276. The Kier molecular flexibility index (Phi) is 0.963. The monoisotopic (exact) mass is 124 g/mol. The van der Waals surface area contributed by atoms with Gasteiger partial charge in [-0.3, -0.25) is 4.79 Å². The Morgan fingerprint density at radius 3 is 3.33 bits per heavy atom. The molecule has 0 aromatic carbocycles. The summed E-state index contributed by atoms with van der Waals surface area (Å²) < 4.78 is 5.14. The molecule has 0 amide bonds. The Hall–Kier alpha value is -0.630. The molecule has 1 atom stereocenters. The fourth-order valence-corrected chi connectivity index (χ4v) is 1.40. The summed E-state index contributed by atoms with van der Waals surface area (Å²) in [6, 6.07) is 0. The van der Waals surface area contributed by atoms with Crippen molar-refractivity contribution >= 4 is 5.78 Å². The van der Waals surface area contributed by atoms with Gasteiger partial charge in [0.1, 0.15) is 0 Å². The number of fused-ring (bicyclic) bond motifs is 1. The molecule has 1 aliphatic carbocycles. The fraction of sp³-hybridized carbons (Fsp3) is 0.571. The zero-order valence-electron chi connectivity index (χ0n) is 5.09. The summed E-state index contributed by atoms with van der Waals surface area (Å²) in [4.78, 5) is 10.7. The zero-order chi connectivity index (χ0) is 6.27. The van der Waals surface area contributed by atoms with Crippen LogP contribution in [0.4, 0.5) is 0 Å². The maximum Gasteiger partial charge on any atom is 0.156 e. The van der Waals surface area contributed by atoms with E-state index in [0.29, 0.717) is 18.9 Å². The number of carbonyl (C=O) groups is 1. The largest absolute Gasteiger partial charge is 0.376 e. The Bertz CT molecular complexity index is 181. The van der Waals surface area contributed by atoms with Crippen molar-refractivity contribution in [2.45, 2.75) is 6.42 Å². The van der Waals surface area contributed by atoms with Crippen LogP contribution < -0.4 is 0 Å². The number of ketones is 1. The number of rotatable bonds is 0. The van der Waals surface area contributed by atoms with Crippen LogP contribution in [-0.2, 0) is 9.53 Å². The maximum absolute atomic E-state index is 10.7. The molecule has 1 aliphatic heterocycles. The number of ether oxygens (including phenoxy) is 1. The van der Waals surface area contributed by atoms with Gasteiger partial charge in [-0.2, -0.15) is 0 Å². The van der Waals surface area contributed by atoms with Gasteiger partial charge >= 0.3 is 0 Å². The third kappa shape index (κ3) is 0.704. The van der Waals surface area contributed by atoms with E-state index in [1.807, 2.05) is 0 Å². The van der Waals surface area contributed by atoms with Crippen LogP contribution in [0.25, 0.3) is 0 Å². The van der Waals surface area contributed by atoms with Crippen LogP contribution in [0.5, 0.6) is 0 Å². The molecule has 1 heterocycles. The average molecular weight is 124 g/mol. The van der Waals surface area contributed by atoms with E-state index in [0.717, 1.165) is 6.61 Å². The van der Waals surface area contributed by atoms with Gasteiger partial charge < -0.3 is 4.74 Å². The van der Waals surface area contributed by atoms with Gasteiger partial charge in [-0.25, -0.2) is 0 Å². The summed E-state index contributed by atoms with van der Waals surface area (Å²) >= 11 is 0. The smallest absolute Gasteiger partial charge is 0.156 e. The van der Waals surface area contributed by atoms with E-state index in [1.165, 1.54) is 5.57 Å². The van der Waals surface area contributed by atoms with Crippen LogP contribution in [0, 0.1) is 5.92 Å². The van der Waals surface area contributed by atoms with Gasteiger partial charge in [0.2, 0.25) is 0 Å². The van der Waals surface area contributed by atoms with Crippen molar-refractivity contribution in [2.24, 2.45) is 5.92 Å². The standard InChI is InChI=1S/C7H8O2/c8-7-1-5-3-9-4-6(5)2-7/h1,6H,2-4H2. The van der Waals surface area contributed by atoms with Crippen molar-refractivity contribution in [1.82, 2.24) is 0 Å². The second-order valence-electron chi connectivity index (χ2n) is 2.60. The van der Waals surface area contributed by atoms with Gasteiger partial charge in [0.05, 0.1) is 13.2 Å². The molecule has 9 heavy (non-hydrogen) atoms. The molecule has 2 nitrogen and oxygen atoms in total. The number of hydrogen-bond acceptors (Lipinski definition) is 2. The fourth-order valence-electron chi connectivity index (χ4n) is 1.40. The normalized spacial score (nSPS) is 32.7. The Morgan fingerprint density at radius 1 is 1.67 bits per heavy atom. The first-order valence-electron chi connectivity index (χ1n) is 3.17. The predicted molar refractivity (Wildman–Crippen MR) is 32.0 cm³/mol. The summed E-state index contributed by atoms with van der Waals surface area (Å²) in [5, 5.41) is 0. The third-order valence-electron chi connectivity index (χ3n) is 1.91. The molecule has 0 saturated carbocycles. The van der Waals surface area contributed by atoms with Crippen LogP contribution in [0.15, 0.2) is 11.6 Å². The second kappa shape index (κ2) is 1.67. The van der Waals surface area contributed by atoms with Gasteiger partial charge in [-0.15, -0.1) is 0 Å². The van der Waals surface area contributed by atoms with Crippen molar-refractivity contribution in [3.05, 3.63) is 11.6 Å². The molecule has 0 N–H and O–H groups in total. The van der Waals surface area contributed by atoms with Crippen molar-refractivity contribution < 1.29 is 9.53 Å². The van der Waals surface area contributed by atoms with E-state index >= 15 is 0 Å². The van der Waals surface area contributed by atoms with Gasteiger partial charge in [-0.05, 0) is 11.6 Å². The zero-order valence-corrected chi connectivity index (χ0v) is 5.09. The molecule has 2 rings (SSSR count). The van der Waals surface area contributed by atoms with Crippen LogP contribution >= 0.6 is 0 Å². The van der Waals surface area contributed by atoms with Gasteiger partial charge in [0.25, 0.3) is 0 Å². The van der Waals surface area contributed by atoms with Gasteiger partial charge in [0.15, 0.2) is 5.78 Å². The second-order valence-corrected chi connectivity index (χ2v) is 2.60. The average Bonchev–Trinajstić information content (AvgIpc) is 2.22. The molecule has 0 radical (unpaired) electrons. The lowest BCUT2D eigenvalue weighted by atomic mass is 10.1. The van der Waals surface area contributed by atoms with Gasteiger partial charge in [-0.1, -0.05) is 0 Å². The summed E-state index contributed by atoms with van der Waals surface area (Å²) in [7, 11) is 0. The number of hydrogen-bond donors (Lipinski definition) is 0. The van der Waals surface area contributed by atoms with Crippen LogP contribution in [0.2, 0.25) is 0 Å². The summed E-state index contributed by atoms with van der Waals surface area (Å²) in [6.07, 6.45) is 2.42. The van der Waals surface area contributed by atoms with E-state index in [9.17, 15) is 4.79 Å². The van der Waals surface area contributed by atoms with E-state index < -0.39 is 0 Å². The van der Waals surface area contributed by atoms with Crippen LogP contribution in [0.1, 0.15) is 6.42 Å². The predicted octanol–water partition coefficient (Wildman–Crippen LogP) is 0.532. The molecular weight excluding hydrogens is 116 g/mol. The summed E-state index contributed by atoms with van der Waals surface area (Å²) in [5.41, 5.74) is 1.21.